The van der Waals surface area contributed by atoms with Crippen molar-refractivity contribution in [2.45, 2.75) is 69.7 Å². The summed E-state index contributed by atoms with van der Waals surface area (Å²) in [5.74, 6) is 1.28. The Balaban J connectivity index is 0.944. The fourth-order valence-corrected chi connectivity index (χ4v) is 8.38. The summed E-state index contributed by atoms with van der Waals surface area (Å²) >= 11 is 0. The van der Waals surface area contributed by atoms with Gasteiger partial charge in [0, 0.05) is 25.1 Å². The van der Waals surface area contributed by atoms with Gasteiger partial charge in [-0.1, -0.05) is 80.6 Å². The van der Waals surface area contributed by atoms with E-state index in [1.807, 2.05) is 66.4 Å². The molecule has 12 nitrogen and oxygen atoms in total. The number of aromatic amines is 2. The van der Waals surface area contributed by atoms with Crippen LogP contribution in [0.2, 0.25) is 0 Å². The number of benzene rings is 3. The highest BCUT2D eigenvalue weighted by Crippen LogP contribution is 2.45. The summed E-state index contributed by atoms with van der Waals surface area (Å²) in [6, 6.07) is 25.1. The number of rotatable bonds is 9. The van der Waals surface area contributed by atoms with Crippen molar-refractivity contribution in [3.05, 3.63) is 108 Å². The zero-order valence-electron chi connectivity index (χ0n) is 31.5. The van der Waals surface area contributed by atoms with Crippen LogP contribution in [0.5, 0.6) is 0 Å². The van der Waals surface area contributed by atoms with Crippen molar-refractivity contribution >= 4 is 17.9 Å². The summed E-state index contributed by atoms with van der Waals surface area (Å²) in [4.78, 5) is 59.4. The second-order valence-electron chi connectivity index (χ2n) is 15.2. The third kappa shape index (κ3) is 7.26. The molecule has 0 saturated carbocycles. The number of ether oxygens (including phenoxy) is 2. The van der Waals surface area contributed by atoms with Crippen molar-refractivity contribution in [3.8, 4) is 33.6 Å². The van der Waals surface area contributed by atoms with Gasteiger partial charge in [0.15, 0.2) is 0 Å². The van der Waals surface area contributed by atoms with E-state index in [1.165, 1.54) is 7.11 Å². The van der Waals surface area contributed by atoms with E-state index in [0.717, 1.165) is 84.0 Å². The molecular weight excluding hydrogens is 695 g/mol. The van der Waals surface area contributed by atoms with Crippen molar-refractivity contribution in [2.75, 3.05) is 26.8 Å². The van der Waals surface area contributed by atoms with Crippen LogP contribution in [0.25, 0.3) is 33.6 Å². The summed E-state index contributed by atoms with van der Waals surface area (Å²) < 4.78 is 11.0. The summed E-state index contributed by atoms with van der Waals surface area (Å²) in [5.41, 5.74) is 6.28. The number of carbonyl (C=O) groups excluding carboxylic acids is 3. The van der Waals surface area contributed by atoms with Crippen molar-refractivity contribution in [1.29, 1.82) is 0 Å². The number of likely N-dealkylation sites (tertiary alicyclic amines) is 2. The van der Waals surface area contributed by atoms with E-state index in [1.54, 1.807) is 0 Å². The molecule has 1 spiro atoms. The summed E-state index contributed by atoms with van der Waals surface area (Å²) in [5, 5.41) is 2.70. The van der Waals surface area contributed by atoms with E-state index >= 15 is 0 Å². The lowest BCUT2D eigenvalue weighted by atomic mass is 9.96. The van der Waals surface area contributed by atoms with Gasteiger partial charge < -0.3 is 34.6 Å². The molecule has 0 radical (unpaired) electrons. The highest BCUT2D eigenvalue weighted by Gasteiger charge is 2.50. The number of carbonyl (C=O) groups is 3. The average molecular weight is 742 g/mol. The maximum absolute atomic E-state index is 13.7. The zero-order chi connectivity index (χ0) is 38.1. The lowest BCUT2D eigenvalue weighted by Crippen LogP contribution is -2.51. The molecule has 4 atom stereocenters. The number of aromatic nitrogens is 4. The maximum atomic E-state index is 13.7. The minimum absolute atomic E-state index is 0.00199. The molecule has 3 aliphatic heterocycles. The molecule has 3 aliphatic rings. The average Bonchev–Trinajstić information content (AvgIpc) is 4.07. The third-order valence-corrected chi connectivity index (χ3v) is 11.3. The highest BCUT2D eigenvalue weighted by atomic mass is 16.5. The number of hydrogen-bond donors (Lipinski definition) is 3. The normalized spacial score (nSPS) is 21.4. The van der Waals surface area contributed by atoms with Gasteiger partial charge in [0.05, 0.1) is 55.1 Å². The van der Waals surface area contributed by atoms with Crippen LogP contribution >= 0.6 is 0 Å². The predicted molar refractivity (Wildman–Crippen MR) is 208 cm³/mol. The lowest BCUT2D eigenvalue weighted by Gasteiger charge is -2.30. The predicted octanol–water partition coefficient (Wildman–Crippen LogP) is 7.31. The Hall–Kier alpha value is -5.75. The number of H-pyrrole nitrogens is 2. The maximum Gasteiger partial charge on any atom is 0.407 e. The van der Waals surface area contributed by atoms with Crippen molar-refractivity contribution in [2.24, 2.45) is 5.92 Å². The van der Waals surface area contributed by atoms with Crippen LogP contribution in [0.1, 0.15) is 80.0 Å². The molecule has 284 valence electrons. The molecule has 3 amide bonds. The minimum Gasteiger partial charge on any atom is -0.453 e. The number of methoxy groups -OCH3 is 1. The molecule has 12 heteroatoms. The highest BCUT2D eigenvalue weighted by molar-refractivity contribution is 5.94. The number of imidazole rings is 2. The first kappa shape index (κ1) is 36.2. The topological polar surface area (TPSA) is 146 Å². The van der Waals surface area contributed by atoms with Crippen LogP contribution in [-0.4, -0.2) is 86.1 Å². The van der Waals surface area contributed by atoms with E-state index in [-0.39, 0.29) is 35.4 Å². The van der Waals surface area contributed by atoms with E-state index < -0.39 is 12.1 Å². The third-order valence-electron chi connectivity index (χ3n) is 11.3. The standard InChI is InChI=1S/C43H47N7O5/c1-27(2)37(48-42(53)54-3)41(52)49-21-7-11-35(49)38-44-24-33(46-38)30-16-12-28(13-17-30)29-14-18-31(19-15-29)34-25-45-39(47-34)36-23-43(20-8-22-55-43)26-50(36)40(51)32-9-5-4-6-10-32/h4-6,9-10,12-19,24-25,27,35-37H,7-8,11,20-23,26H2,1-3H3,(H,44,46)(H,45,47)(H,48,53)/t35-,36-,37-,43-/m0/s1. The van der Waals surface area contributed by atoms with Gasteiger partial charge in [-0.15, -0.1) is 0 Å². The van der Waals surface area contributed by atoms with Crippen LogP contribution in [0.15, 0.2) is 91.3 Å². The Kier molecular flexibility index (Phi) is 10.00. The quantitative estimate of drug-likeness (QED) is 0.144. The molecule has 8 rings (SSSR count). The molecule has 3 N–H and O–H groups in total. The van der Waals surface area contributed by atoms with Crippen LogP contribution in [0.4, 0.5) is 4.79 Å². The van der Waals surface area contributed by atoms with Crippen LogP contribution < -0.4 is 5.32 Å². The number of nitrogens with zero attached hydrogens (tertiary/aromatic N) is 4. The fourth-order valence-electron chi connectivity index (χ4n) is 8.38. The summed E-state index contributed by atoms with van der Waals surface area (Å²) in [6.07, 6.45) is 7.37. The van der Waals surface area contributed by atoms with Gasteiger partial charge in [0.1, 0.15) is 17.7 Å². The van der Waals surface area contributed by atoms with E-state index in [4.69, 9.17) is 14.5 Å². The lowest BCUT2D eigenvalue weighted by molar-refractivity contribution is -0.135. The molecule has 2 aromatic heterocycles. The molecule has 0 unspecified atom stereocenters. The van der Waals surface area contributed by atoms with Crippen molar-refractivity contribution < 1.29 is 23.9 Å². The Morgan fingerprint density at radius 1 is 0.818 bits per heavy atom. The Morgan fingerprint density at radius 2 is 1.42 bits per heavy atom. The molecule has 3 saturated heterocycles. The van der Waals surface area contributed by atoms with Crippen molar-refractivity contribution in [3.63, 3.8) is 0 Å². The SMILES string of the molecule is COC(=O)N[C@H](C(=O)N1CCC[C@H]1c1ncc(-c2ccc(-c3ccc(-c4cnc([C@@H]5C[C@@]6(CCCO6)CN5C(=O)c5ccccc5)[nH]4)cc3)cc2)[nH]1)C(C)C. The van der Waals surface area contributed by atoms with Gasteiger partial charge in [0.2, 0.25) is 5.91 Å². The largest absolute Gasteiger partial charge is 0.453 e. The molecule has 5 heterocycles. The van der Waals surface area contributed by atoms with E-state index in [9.17, 15) is 14.4 Å². The van der Waals surface area contributed by atoms with E-state index in [2.05, 4.69) is 68.8 Å². The van der Waals surface area contributed by atoms with Gasteiger partial charge in [-0.25, -0.2) is 14.8 Å². The van der Waals surface area contributed by atoms with Crippen molar-refractivity contribution in [1.82, 2.24) is 35.1 Å². The van der Waals surface area contributed by atoms with Gasteiger partial charge in [-0.2, -0.15) is 0 Å². The first-order valence-corrected chi connectivity index (χ1v) is 19.2. The molecule has 0 bridgehead atoms. The smallest absolute Gasteiger partial charge is 0.407 e. The monoisotopic (exact) mass is 741 g/mol. The second-order valence-corrected chi connectivity index (χ2v) is 15.2. The first-order chi connectivity index (χ1) is 26.7. The first-order valence-electron chi connectivity index (χ1n) is 19.2. The number of nitrogens with one attached hydrogen (secondary N) is 3. The van der Waals surface area contributed by atoms with Gasteiger partial charge >= 0.3 is 6.09 Å². The van der Waals surface area contributed by atoms with Gasteiger partial charge in [0.25, 0.3) is 5.91 Å². The Bertz CT molecular complexity index is 2140. The molecular formula is C43H47N7O5. The van der Waals surface area contributed by atoms with E-state index in [0.29, 0.717) is 18.7 Å². The van der Waals surface area contributed by atoms with Crippen LogP contribution in [0, 0.1) is 5.92 Å². The molecule has 0 aliphatic carbocycles. The molecule has 55 heavy (non-hydrogen) atoms. The minimum atomic E-state index is -0.680. The summed E-state index contributed by atoms with van der Waals surface area (Å²) in [6.45, 7) is 5.71. The van der Waals surface area contributed by atoms with Crippen LogP contribution in [0.3, 0.4) is 0 Å². The molecule has 3 aromatic carbocycles. The second kappa shape index (κ2) is 15.2. The van der Waals surface area contributed by atoms with Gasteiger partial charge in [-0.3, -0.25) is 9.59 Å². The number of hydrogen-bond acceptors (Lipinski definition) is 7. The Labute approximate surface area is 320 Å². The molecule has 3 fully saturated rings. The molecule has 5 aromatic rings. The number of alkyl carbamates (subject to hydrolysis) is 1. The van der Waals surface area contributed by atoms with Gasteiger partial charge in [-0.05, 0) is 66.0 Å². The number of amides is 3. The fraction of sp³-hybridized carbons (Fsp3) is 0.372. The van der Waals surface area contributed by atoms with Crippen LogP contribution in [-0.2, 0) is 14.3 Å². The summed E-state index contributed by atoms with van der Waals surface area (Å²) in [7, 11) is 1.30. The Morgan fingerprint density at radius 3 is 1.98 bits per heavy atom. The zero-order valence-corrected chi connectivity index (χ0v) is 31.5.